The zero-order valence-corrected chi connectivity index (χ0v) is 10.9. The average molecular weight is 263 g/mol. The molecule has 0 saturated heterocycles. The summed E-state index contributed by atoms with van der Waals surface area (Å²) in [6, 6.07) is 1.75. The van der Waals surface area contributed by atoms with Gasteiger partial charge in [-0.25, -0.2) is 15.8 Å². The van der Waals surface area contributed by atoms with Crippen molar-refractivity contribution in [1.29, 1.82) is 0 Å². The van der Waals surface area contributed by atoms with E-state index >= 15 is 0 Å². The fraction of sp³-hybridized carbons (Fsp3) is 0.455. The molecule has 102 valence electrons. The predicted octanol–water partition coefficient (Wildman–Crippen LogP) is 0.923. The van der Waals surface area contributed by atoms with Gasteiger partial charge in [0.1, 0.15) is 17.5 Å². The summed E-state index contributed by atoms with van der Waals surface area (Å²) in [6.07, 6.45) is 1.97. The second kappa shape index (κ2) is 6.10. The van der Waals surface area contributed by atoms with Crippen LogP contribution in [0.3, 0.4) is 0 Å². The van der Waals surface area contributed by atoms with Crippen LogP contribution in [0.4, 0.5) is 11.6 Å². The Morgan fingerprint density at radius 3 is 2.74 bits per heavy atom. The van der Waals surface area contributed by atoms with E-state index < -0.39 is 0 Å². The van der Waals surface area contributed by atoms with Crippen molar-refractivity contribution < 1.29 is 4.52 Å². The highest BCUT2D eigenvalue weighted by atomic mass is 16.5. The molecule has 0 fully saturated rings. The van der Waals surface area contributed by atoms with E-state index in [1.165, 1.54) is 6.39 Å². The van der Waals surface area contributed by atoms with Gasteiger partial charge in [0, 0.05) is 24.9 Å². The normalized spacial score (nSPS) is 10.7. The third-order valence-corrected chi connectivity index (χ3v) is 2.47. The molecule has 0 saturated carbocycles. The Hall–Kier alpha value is -2.22. The SMILES string of the molecule is CC(C)c1nc(NN)cc(NCCc2ncon2)n1. The Labute approximate surface area is 110 Å². The van der Waals surface area contributed by atoms with Crippen LogP contribution in [0.25, 0.3) is 0 Å². The van der Waals surface area contributed by atoms with Gasteiger partial charge in [-0.15, -0.1) is 0 Å². The summed E-state index contributed by atoms with van der Waals surface area (Å²) in [4.78, 5) is 12.6. The summed E-state index contributed by atoms with van der Waals surface area (Å²) in [5.41, 5.74) is 2.54. The summed E-state index contributed by atoms with van der Waals surface area (Å²) >= 11 is 0. The number of nitrogen functional groups attached to an aromatic ring is 1. The molecule has 0 aliphatic rings. The van der Waals surface area contributed by atoms with Crippen molar-refractivity contribution in [2.45, 2.75) is 26.2 Å². The Bertz CT molecular complexity index is 512. The van der Waals surface area contributed by atoms with E-state index in [4.69, 9.17) is 5.84 Å². The number of hydrazine groups is 1. The van der Waals surface area contributed by atoms with E-state index in [0.29, 0.717) is 24.6 Å². The second-order valence-corrected chi connectivity index (χ2v) is 4.32. The van der Waals surface area contributed by atoms with Crippen LogP contribution in [0.2, 0.25) is 0 Å². The minimum Gasteiger partial charge on any atom is -0.369 e. The number of hydrogen-bond acceptors (Lipinski definition) is 8. The maximum Gasteiger partial charge on any atom is 0.213 e. The van der Waals surface area contributed by atoms with Gasteiger partial charge in [0.2, 0.25) is 6.39 Å². The first-order valence-corrected chi connectivity index (χ1v) is 6.03. The number of aromatic nitrogens is 4. The molecule has 0 radical (unpaired) electrons. The van der Waals surface area contributed by atoms with Crippen LogP contribution in [0, 0.1) is 0 Å². The van der Waals surface area contributed by atoms with Crippen LogP contribution >= 0.6 is 0 Å². The maximum atomic E-state index is 5.39. The average Bonchev–Trinajstić information content (AvgIpc) is 2.91. The minimum absolute atomic E-state index is 0.228. The fourth-order valence-corrected chi connectivity index (χ4v) is 1.49. The van der Waals surface area contributed by atoms with Crippen molar-refractivity contribution in [3.8, 4) is 0 Å². The molecule has 0 aromatic carbocycles. The standard InChI is InChI=1S/C11H17N7O/c1-7(2)11-15-9(5-10(16-11)17-12)13-4-3-8-14-6-19-18-8/h5-7H,3-4,12H2,1-2H3,(H2,13,15,16,17). The number of nitrogens with zero attached hydrogens (tertiary/aromatic N) is 4. The largest absolute Gasteiger partial charge is 0.369 e. The smallest absolute Gasteiger partial charge is 0.213 e. The molecule has 0 amide bonds. The number of rotatable bonds is 6. The lowest BCUT2D eigenvalue weighted by atomic mass is 10.2. The Morgan fingerprint density at radius 1 is 1.32 bits per heavy atom. The van der Waals surface area contributed by atoms with Crippen molar-refractivity contribution in [3.05, 3.63) is 24.1 Å². The van der Waals surface area contributed by atoms with Gasteiger partial charge in [0.05, 0.1) is 0 Å². The molecular formula is C11H17N7O. The van der Waals surface area contributed by atoms with Gasteiger partial charge in [0.25, 0.3) is 0 Å². The molecule has 0 bridgehead atoms. The molecule has 2 aromatic heterocycles. The topological polar surface area (TPSA) is 115 Å². The van der Waals surface area contributed by atoms with Crippen molar-refractivity contribution in [1.82, 2.24) is 20.1 Å². The summed E-state index contributed by atoms with van der Waals surface area (Å²) in [5, 5.41) is 6.92. The first-order valence-electron chi connectivity index (χ1n) is 6.03. The predicted molar refractivity (Wildman–Crippen MR) is 70.4 cm³/mol. The van der Waals surface area contributed by atoms with Crippen molar-refractivity contribution in [3.63, 3.8) is 0 Å². The lowest BCUT2D eigenvalue weighted by molar-refractivity contribution is 0.410. The molecule has 2 heterocycles. The molecule has 19 heavy (non-hydrogen) atoms. The van der Waals surface area contributed by atoms with Gasteiger partial charge in [-0.3, -0.25) is 0 Å². The van der Waals surface area contributed by atoms with Crippen LogP contribution in [-0.2, 0) is 6.42 Å². The van der Waals surface area contributed by atoms with Crippen molar-refractivity contribution in [2.75, 3.05) is 17.3 Å². The van der Waals surface area contributed by atoms with Gasteiger partial charge in [-0.2, -0.15) is 4.98 Å². The van der Waals surface area contributed by atoms with Gasteiger partial charge < -0.3 is 15.3 Å². The van der Waals surface area contributed by atoms with E-state index in [-0.39, 0.29) is 5.92 Å². The van der Waals surface area contributed by atoms with Crippen LogP contribution in [0.15, 0.2) is 17.0 Å². The van der Waals surface area contributed by atoms with E-state index in [2.05, 4.69) is 35.4 Å². The number of hydrogen-bond donors (Lipinski definition) is 3. The summed E-state index contributed by atoms with van der Waals surface area (Å²) in [5.74, 6) is 8.31. The van der Waals surface area contributed by atoms with Gasteiger partial charge in [0.15, 0.2) is 5.82 Å². The molecule has 0 aliphatic heterocycles. The molecule has 4 N–H and O–H groups in total. The van der Waals surface area contributed by atoms with E-state index in [9.17, 15) is 0 Å². The first kappa shape index (κ1) is 13.2. The lowest BCUT2D eigenvalue weighted by Crippen LogP contribution is -2.14. The molecule has 0 aliphatic carbocycles. The van der Waals surface area contributed by atoms with Crippen LogP contribution in [0.1, 0.15) is 31.4 Å². The fourth-order valence-electron chi connectivity index (χ4n) is 1.49. The summed E-state index contributed by atoms with van der Waals surface area (Å²) in [7, 11) is 0. The molecule has 2 aromatic rings. The highest BCUT2D eigenvalue weighted by Crippen LogP contribution is 2.16. The number of nitrogens with two attached hydrogens (primary N) is 1. The minimum atomic E-state index is 0.228. The zero-order chi connectivity index (χ0) is 13.7. The zero-order valence-electron chi connectivity index (χ0n) is 10.9. The number of nitrogens with one attached hydrogen (secondary N) is 2. The lowest BCUT2D eigenvalue weighted by Gasteiger charge is -2.10. The van der Waals surface area contributed by atoms with Crippen LogP contribution in [0.5, 0.6) is 0 Å². The van der Waals surface area contributed by atoms with Gasteiger partial charge in [-0.05, 0) is 0 Å². The van der Waals surface area contributed by atoms with E-state index in [0.717, 1.165) is 11.6 Å². The first-order chi connectivity index (χ1) is 9.19. The summed E-state index contributed by atoms with van der Waals surface area (Å²) < 4.78 is 4.66. The highest BCUT2D eigenvalue weighted by molar-refractivity contribution is 5.47. The Balaban J connectivity index is 2.00. The molecule has 2 rings (SSSR count). The Morgan fingerprint density at radius 2 is 2.11 bits per heavy atom. The van der Waals surface area contributed by atoms with E-state index in [1.54, 1.807) is 6.07 Å². The molecule has 0 atom stereocenters. The highest BCUT2D eigenvalue weighted by Gasteiger charge is 2.07. The van der Waals surface area contributed by atoms with Crippen molar-refractivity contribution >= 4 is 11.6 Å². The molecule has 0 spiro atoms. The molecule has 8 nitrogen and oxygen atoms in total. The molecule has 0 unspecified atom stereocenters. The third kappa shape index (κ3) is 3.62. The third-order valence-electron chi connectivity index (χ3n) is 2.47. The summed E-state index contributed by atoms with van der Waals surface area (Å²) in [6.45, 7) is 4.70. The monoisotopic (exact) mass is 263 g/mol. The van der Waals surface area contributed by atoms with Crippen molar-refractivity contribution in [2.24, 2.45) is 5.84 Å². The molecule has 8 heteroatoms. The second-order valence-electron chi connectivity index (χ2n) is 4.32. The maximum absolute atomic E-state index is 5.39. The van der Waals surface area contributed by atoms with Crippen LogP contribution < -0.4 is 16.6 Å². The van der Waals surface area contributed by atoms with Gasteiger partial charge >= 0.3 is 0 Å². The van der Waals surface area contributed by atoms with Crippen LogP contribution in [-0.4, -0.2) is 26.7 Å². The van der Waals surface area contributed by atoms with Gasteiger partial charge in [-0.1, -0.05) is 19.0 Å². The Kier molecular flexibility index (Phi) is 4.24. The molecular weight excluding hydrogens is 246 g/mol. The quantitative estimate of drug-likeness (QED) is 0.520. The number of anilines is 2. The van der Waals surface area contributed by atoms with E-state index in [1.807, 2.05) is 13.8 Å².